The van der Waals surface area contributed by atoms with E-state index in [4.69, 9.17) is 4.74 Å². The van der Waals surface area contributed by atoms with Crippen LogP contribution in [0.25, 0.3) is 0 Å². The van der Waals surface area contributed by atoms with Gasteiger partial charge in [-0.3, -0.25) is 14.9 Å². The van der Waals surface area contributed by atoms with Crippen molar-refractivity contribution in [1.29, 1.82) is 0 Å². The van der Waals surface area contributed by atoms with Gasteiger partial charge < -0.3 is 10.1 Å². The molecule has 1 aromatic rings. The SMILES string of the molecule is CC(=O)OCCCCCNc1ccc(Br)c(C)c1[N+](=O)[O-]. The van der Waals surface area contributed by atoms with Gasteiger partial charge >= 0.3 is 5.97 Å². The summed E-state index contributed by atoms with van der Waals surface area (Å²) in [5, 5.41) is 14.2. The Labute approximate surface area is 132 Å². The maximum Gasteiger partial charge on any atom is 0.302 e. The van der Waals surface area contributed by atoms with E-state index in [1.54, 1.807) is 19.1 Å². The zero-order valence-corrected chi connectivity index (χ0v) is 13.7. The number of nitro groups is 1. The molecular formula is C14H19BrN2O4. The van der Waals surface area contributed by atoms with Gasteiger partial charge in [-0.25, -0.2) is 0 Å². The number of nitro benzene ring substituents is 1. The van der Waals surface area contributed by atoms with Crippen LogP contribution in [0.4, 0.5) is 11.4 Å². The van der Waals surface area contributed by atoms with E-state index in [0.717, 1.165) is 23.7 Å². The van der Waals surface area contributed by atoms with Crippen molar-refractivity contribution in [2.45, 2.75) is 33.1 Å². The molecule has 0 aliphatic heterocycles. The van der Waals surface area contributed by atoms with Gasteiger partial charge in [0.1, 0.15) is 5.69 Å². The van der Waals surface area contributed by atoms with Gasteiger partial charge in [-0.15, -0.1) is 0 Å². The maximum atomic E-state index is 11.1. The van der Waals surface area contributed by atoms with Crippen molar-refractivity contribution in [2.75, 3.05) is 18.5 Å². The van der Waals surface area contributed by atoms with Crippen LogP contribution in [0.2, 0.25) is 0 Å². The molecule has 0 atom stereocenters. The summed E-state index contributed by atoms with van der Waals surface area (Å²) in [5.74, 6) is -0.269. The predicted octanol–water partition coefficient (Wildman–Crippen LogP) is 3.81. The first-order valence-corrected chi connectivity index (χ1v) is 7.53. The summed E-state index contributed by atoms with van der Waals surface area (Å²) < 4.78 is 5.56. The van der Waals surface area contributed by atoms with Crippen LogP contribution >= 0.6 is 15.9 Å². The zero-order valence-electron chi connectivity index (χ0n) is 12.1. The van der Waals surface area contributed by atoms with Gasteiger partial charge in [-0.1, -0.05) is 15.9 Å². The van der Waals surface area contributed by atoms with E-state index in [0.29, 0.717) is 24.4 Å². The molecule has 0 saturated carbocycles. The van der Waals surface area contributed by atoms with Crippen molar-refractivity contribution in [3.8, 4) is 0 Å². The molecule has 0 spiro atoms. The molecule has 0 bridgehead atoms. The van der Waals surface area contributed by atoms with E-state index in [9.17, 15) is 14.9 Å². The number of nitrogens with one attached hydrogen (secondary N) is 1. The molecule has 0 unspecified atom stereocenters. The number of unbranched alkanes of at least 4 members (excludes halogenated alkanes) is 2. The first-order chi connectivity index (χ1) is 9.93. The number of nitrogens with zero attached hydrogens (tertiary/aromatic N) is 1. The van der Waals surface area contributed by atoms with Crippen molar-refractivity contribution in [3.63, 3.8) is 0 Å². The quantitative estimate of drug-likeness (QED) is 0.330. The summed E-state index contributed by atoms with van der Waals surface area (Å²) in [4.78, 5) is 21.3. The number of esters is 1. The number of ether oxygens (including phenoxy) is 1. The lowest BCUT2D eigenvalue weighted by molar-refractivity contribution is -0.384. The normalized spacial score (nSPS) is 10.2. The average Bonchev–Trinajstić information content (AvgIpc) is 2.40. The number of rotatable bonds is 8. The van der Waals surface area contributed by atoms with E-state index >= 15 is 0 Å². The van der Waals surface area contributed by atoms with Gasteiger partial charge in [-0.05, 0) is 38.3 Å². The van der Waals surface area contributed by atoms with Crippen LogP contribution in [-0.4, -0.2) is 24.0 Å². The fourth-order valence-electron chi connectivity index (χ4n) is 1.90. The predicted molar refractivity (Wildman–Crippen MR) is 84.5 cm³/mol. The fraction of sp³-hybridized carbons (Fsp3) is 0.500. The third-order valence-corrected chi connectivity index (χ3v) is 3.85. The van der Waals surface area contributed by atoms with Gasteiger partial charge in [0.25, 0.3) is 5.69 Å². The zero-order chi connectivity index (χ0) is 15.8. The fourth-order valence-corrected chi connectivity index (χ4v) is 2.22. The lowest BCUT2D eigenvalue weighted by Crippen LogP contribution is -2.06. The van der Waals surface area contributed by atoms with Gasteiger partial charge in [0.15, 0.2) is 0 Å². The highest BCUT2D eigenvalue weighted by Gasteiger charge is 2.18. The van der Waals surface area contributed by atoms with Gasteiger partial charge in [0, 0.05) is 23.5 Å². The number of carbonyl (C=O) groups excluding carboxylic acids is 1. The number of carbonyl (C=O) groups is 1. The minimum absolute atomic E-state index is 0.101. The largest absolute Gasteiger partial charge is 0.466 e. The van der Waals surface area contributed by atoms with E-state index in [2.05, 4.69) is 21.2 Å². The molecule has 1 aromatic carbocycles. The number of halogens is 1. The Kier molecular flexibility index (Phi) is 7.14. The molecule has 0 amide bonds. The third-order valence-electron chi connectivity index (χ3n) is 2.99. The summed E-state index contributed by atoms with van der Waals surface area (Å²) >= 11 is 3.30. The second-order valence-corrected chi connectivity index (χ2v) is 5.51. The number of benzene rings is 1. The lowest BCUT2D eigenvalue weighted by Gasteiger charge is -2.09. The molecule has 0 aliphatic carbocycles. The molecule has 1 N–H and O–H groups in total. The molecular weight excluding hydrogens is 340 g/mol. The maximum absolute atomic E-state index is 11.1. The summed E-state index contributed by atoms with van der Waals surface area (Å²) in [6, 6.07) is 3.50. The van der Waals surface area contributed by atoms with E-state index in [-0.39, 0.29) is 16.6 Å². The van der Waals surface area contributed by atoms with E-state index in [1.165, 1.54) is 6.92 Å². The second kappa shape index (κ2) is 8.61. The Balaban J connectivity index is 2.44. The van der Waals surface area contributed by atoms with Crippen molar-refractivity contribution in [3.05, 3.63) is 32.3 Å². The Bertz CT molecular complexity index is 520. The monoisotopic (exact) mass is 358 g/mol. The smallest absolute Gasteiger partial charge is 0.302 e. The topological polar surface area (TPSA) is 81.5 Å². The molecule has 0 aliphatic rings. The Morgan fingerprint density at radius 1 is 1.38 bits per heavy atom. The highest BCUT2D eigenvalue weighted by atomic mass is 79.9. The van der Waals surface area contributed by atoms with Crippen LogP contribution in [0.5, 0.6) is 0 Å². The Hall–Kier alpha value is -1.63. The molecule has 6 nitrogen and oxygen atoms in total. The summed E-state index contributed by atoms with van der Waals surface area (Å²) in [7, 11) is 0. The van der Waals surface area contributed by atoms with Crippen molar-refractivity contribution >= 4 is 33.3 Å². The van der Waals surface area contributed by atoms with Gasteiger partial charge in [-0.2, -0.15) is 0 Å². The first-order valence-electron chi connectivity index (χ1n) is 6.74. The number of hydrogen-bond acceptors (Lipinski definition) is 5. The standard InChI is InChI=1S/C14H19BrN2O4/c1-10-12(15)6-7-13(14(10)17(19)20)16-8-4-3-5-9-21-11(2)18/h6-7,16H,3-5,8-9H2,1-2H3. The molecule has 7 heteroatoms. The van der Waals surface area contributed by atoms with Crippen molar-refractivity contribution in [2.24, 2.45) is 0 Å². The second-order valence-electron chi connectivity index (χ2n) is 4.65. The highest BCUT2D eigenvalue weighted by Crippen LogP contribution is 2.33. The van der Waals surface area contributed by atoms with E-state index < -0.39 is 0 Å². The van der Waals surface area contributed by atoms with Crippen LogP contribution < -0.4 is 5.32 Å². The molecule has 116 valence electrons. The van der Waals surface area contributed by atoms with Crippen LogP contribution in [0.15, 0.2) is 16.6 Å². The summed E-state index contributed by atoms with van der Waals surface area (Å²) in [6.45, 7) is 4.16. The summed E-state index contributed by atoms with van der Waals surface area (Å²) in [5.41, 5.74) is 1.24. The Morgan fingerprint density at radius 3 is 2.71 bits per heavy atom. The first kappa shape index (κ1) is 17.4. The van der Waals surface area contributed by atoms with Crippen molar-refractivity contribution in [1.82, 2.24) is 0 Å². The molecule has 0 heterocycles. The molecule has 0 saturated heterocycles. The molecule has 0 radical (unpaired) electrons. The lowest BCUT2D eigenvalue weighted by atomic mass is 10.1. The van der Waals surface area contributed by atoms with Crippen LogP contribution in [-0.2, 0) is 9.53 Å². The van der Waals surface area contributed by atoms with Crippen LogP contribution in [0, 0.1) is 17.0 Å². The van der Waals surface area contributed by atoms with Crippen molar-refractivity contribution < 1.29 is 14.5 Å². The van der Waals surface area contributed by atoms with Crippen LogP contribution in [0.1, 0.15) is 31.7 Å². The Morgan fingerprint density at radius 2 is 2.10 bits per heavy atom. The third kappa shape index (κ3) is 5.71. The van der Waals surface area contributed by atoms with Gasteiger partial charge in [0.05, 0.1) is 11.5 Å². The van der Waals surface area contributed by atoms with E-state index in [1.807, 2.05) is 0 Å². The number of hydrogen-bond donors (Lipinski definition) is 1. The molecule has 0 aromatic heterocycles. The summed E-state index contributed by atoms with van der Waals surface area (Å²) in [6.07, 6.45) is 2.54. The highest BCUT2D eigenvalue weighted by molar-refractivity contribution is 9.10. The minimum Gasteiger partial charge on any atom is -0.466 e. The molecule has 1 rings (SSSR count). The van der Waals surface area contributed by atoms with Crippen LogP contribution in [0.3, 0.4) is 0 Å². The van der Waals surface area contributed by atoms with Gasteiger partial charge in [0.2, 0.25) is 0 Å². The molecule has 21 heavy (non-hydrogen) atoms. The minimum atomic E-state index is -0.372. The average molecular weight is 359 g/mol. The molecule has 0 fully saturated rings. The number of anilines is 1.